The van der Waals surface area contributed by atoms with E-state index in [9.17, 15) is 11.8 Å². The van der Waals surface area contributed by atoms with E-state index < -0.39 is 0 Å². The van der Waals surface area contributed by atoms with Gasteiger partial charge in [-0.25, -0.2) is 4.85 Å². The number of nitrogens with zero attached hydrogens (tertiary/aromatic N) is 6. The molecule has 7 heteroatoms. The van der Waals surface area contributed by atoms with Gasteiger partial charge in [0.1, 0.15) is 11.7 Å². The van der Waals surface area contributed by atoms with Gasteiger partial charge >= 0.3 is 0 Å². The molecule has 12 aromatic carbocycles. The van der Waals surface area contributed by atoms with Gasteiger partial charge in [-0.1, -0.05) is 200 Å². The Morgan fingerprint density at radius 2 is 0.741 bits per heavy atom. The van der Waals surface area contributed by atoms with Crippen LogP contribution in [0.25, 0.3) is 159 Å². The molecule has 0 N–H and O–H groups in total. The number of aromatic nitrogens is 4. The Morgan fingerprint density at radius 1 is 0.333 bits per heavy atom. The van der Waals surface area contributed by atoms with Crippen molar-refractivity contribution in [3.63, 3.8) is 0 Å². The van der Waals surface area contributed by atoms with Crippen molar-refractivity contribution in [2.45, 2.75) is 0 Å². The summed E-state index contributed by atoms with van der Waals surface area (Å²) >= 11 is 0. The molecule has 17 rings (SSSR count). The number of benzene rings is 12. The molecule has 5 heterocycles. The summed E-state index contributed by atoms with van der Waals surface area (Å²) in [5, 5.41) is 22.8. The fourth-order valence-corrected chi connectivity index (χ4v) is 13.5. The normalized spacial score (nSPS) is 11.9. The lowest BCUT2D eigenvalue weighted by atomic mass is 9.94. The summed E-state index contributed by atoms with van der Waals surface area (Å²) in [5.74, 6) is 0. The number of rotatable bonds is 6. The van der Waals surface area contributed by atoms with E-state index in [4.69, 9.17) is 9.26 Å². The Morgan fingerprint density at radius 3 is 1.26 bits per heavy atom. The van der Waals surface area contributed by atoms with Crippen molar-refractivity contribution in [3.8, 4) is 51.1 Å². The maximum Gasteiger partial charge on any atom is 0.237 e. The summed E-state index contributed by atoms with van der Waals surface area (Å²) in [6, 6.07) is 92.2. The third-order valence-corrected chi connectivity index (χ3v) is 16.8. The van der Waals surface area contributed by atoms with Crippen molar-refractivity contribution >= 4 is 115 Å². The predicted octanol–water partition coefficient (Wildman–Crippen LogP) is 19.7. The van der Waals surface area contributed by atoms with Crippen LogP contribution < -0.4 is 0 Å². The highest BCUT2D eigenvalue weighted by molar-refractivity contribution is 6.23. The maximum atomic E-state index is 12.7. The third kappa shape index (κ3) is 6.15. The number of nitriles is 1. The number of hydrogen-bond donors (Lipinski definition) is 0. The van der Waals surface area contributed by atoms with Crippen LogP contribution in [-0.4, -0.2) is 18.3 Å². The van der Waals surface area contributed by atoms with Gasteiger partial charge in [0.2, 0.25) is 5.69 Å². The van der Waals surface area contributed by atoms with Crippen LogP contribution in [0.2, 0.25) is 0 Å². The van der Waals surface area contributed by atoms with E-state index in [1.807, 2.05) is 24.3 Å². The Bertz CT molecular complexity index is 5320. The van der Waals surface area contributed by atoms with Crippen molar-refractivity contribution in [3.05, 3.63) is 272 Å². The summed E-state index contributed by atoms with van der Waals surface area (Å²) in [5.41, 5.74) is 16.0. The topological polar surface area (TPSA) is 61.0 Å². The molecule has 0 aliphatic heterocycles. The largest absolute Gasteiger partial charge is 0.454 e. The van der Waals surface area contributed by atoms with Crippen LogP contribution in [0.1, 0.15) is 5.56 Å². The van der Waals surface area contributed by atoms with E-state index in [0.29, 0.717) is 39.6 Å². The van der Waals surface area contributed by atoms with E-state index in [1.54, 1.807) is 0 Å². The van der Waals surface area contributed by atoms with Crippen LogP contribution in [0.3, 0.4) is 0 Å². The smallest absolute Gasteiger partial charge is 0.237 e. The summed E-state index contributed by atoms with van der Waals surface area (Å²) < 4.78 is 16.3. The zero-order valence-corrected chi connectivity index (χ0v) is 43.3. The van der Waals surface area contributed by atoms with E-state index in [-0.39, 0.29) is 0 Å². The van der Waals surface area contributed by atoms with Crippen molar-refractivity contribution in [2.75, 3.05) is 0 Å². The summed E-state index contributed by atoms with van der Waals surface area (Å²) in [7, 11) is 0. The van der Waals surface area contributed by atoms with Crippen molar-refractivity contribution < 1.29 is 4.42 Å². The molecule has 374 valence electrons. The zero-order valence-electron chi connectivity index (χ0n) is 43.3. The molecule has 5 aromatic heterocycles. The molecule has 0 fully saturated rings. The van der Waals surface area contributed by atoms with E-state index >= 15 is 0 Å². The highest BCUT2D eigenvalue weighted by Crippen LogP contribution is 2.53. The first-order chi connectivity index (χ1) is 40.2. The number of para-hydroxylation sites is 7. The molecular weight excluding hydrogens is 989 g/mol. The molecule has 0 saturated carbocycles. The van der Waals surface area contributed by atoms with Gasteiger partial charge in [0, 0.05) is 53.9 Å². The fraction of sp³-hybridized carbons (Fsp3) is 0. The summed E-state index contributed by atoms with van der Waals surface area (Å²) in [6.45, 7) is 9.90. The molecule has 0 bridgehead atoms. The lowest BCUT2D eigenvalue weighted by Gasteiger charge is -2.27. The van der Waals surface area contributed by atoms with Crippen molar-refractivity contribution in [2.24, 2.45) is 0 Å². The average molecular weight is 1030 g/mol. The Kier molecular flexibility index (Phi) is 9.42. The second kappa shape index (κ2) is 17.1. The quantitative estimate of drug-likeness (QED) is 0.156. The van der Waals surface area contributed by atoms with Crippen LogP contribution in [0.15, 0.2) is 259 Å². The zero-order chi connectivity index (χ0) is 53.4. The number of hydrogen-bond acceptors (Lipinski definition) is 2. The second-order valence-electron chi connectivity index (χ2n) is 20.9. The molecule has 0 saturated heterocycles. The number of fused-ring (bicyclic) bond motifs is 16. The van der Waals surface area contributed by atoms with Crippen LogP contribution >= 0.6 is 0 Å². The van der Waals surface area contributed by atoms with Crippen molar-refractivity contribution in [1.82, 2.24) is 18.3 Å². The minimum absolute atomic E-state index is 0.321. The third-order valence-electron chi connectivity index (χ3n) is 16.8. The van der Waals surface area contributed by atoms with E-state index in [1.165, 1.54) is 0 Å². The van der Waals surface area contributed by atoms with E-state index in [2.05, 4.69) is 255 Å². The molecular formula is C74H42N6O. The SMILES string of the molecule is [C-]#[N+]c1c(-n2c3ccccc3c3ccccc32)c(C#N)c(-n2c3ccccc3c3ccccc32)c(-n2c3cc(-c4ccccc4-c4ccccc4)ccc3c3ccc4c5ccccc5oc4c32)c1-n1c2ccccc2c2ccccc21. The summed E-state index contributed by atoms with van der Waals surface area (Å²) in [6.07, 6.45) is 0. The van der Waals surface area contributed by atoms with Gasteiger partial charge in [-0.2, -0.15) is 5.26 Å². The first kappa shape index (κ1) is 44.7. The monoisotopic (exact) mass is 1030 g/mol. The minimum atomic E-state index is 0.321. The average Bonchev–Trinajstić information content (AvgIpc) is 2.66. The molecule has 0 unspecified atom stereocenters. The predicted molar refractivity (Wildman–Crippen MR) is 333 cm³/mol. The van der Waals surface area contributed by atoms with Gasteiger partial charge in [-0.05, 0) is 76.9 Å². The Balaban J connectivity index is 1.19. The van der Waals surface area contributed by atoms with E-state index in [0.717, 1.165) is 126 Å². The van der Waals surface area contributed by atoms with Gasteiger partial charge in [-0.3, -0.25) is 0 Å². The molecule has 0 atom stereocenters. The van der Waals surface area contributed by atoms with Crippen LogP contribution in [-0.2, 0) is 0 Å². The van der Waals surface area contributed by atoms with Gasteiger partial charge in [-0.15, -0.1) is 0 Å². The first-order valence-electron chi connectivity index (χ1n) is 27.2. The maximum absolute atomic E-state index is 12.7. The van der Waals surface area contributed by atoms with Crippen LogP contribution in [0.4, 0.5) is 5.69 Å². The molecule has 0 spiro atoms. The second-order valence-corrected chi connectivity index (χ2v) is 20.9. The highest BCUT2D eigenvalue weighted by Gasteiger charge is 2.35. The molecule has 0 amide bonds. The molecule has 17 aromatic rings. The Labute approximate surface area is 463 Å². The van der Waals surface area contributed by atoms with Crippen molar-refractivity contribution in [1.29, 1.82) is 5.26 Å². The lowest BCUT2D eigenvalue weighted by molar-refractivity contribution is 0.671. The number of furan rings is 1. The minimum Gasteiger partial charge on any atom is -0.454 e. The highest BCUT2D eigenvalue weighted by atomic mass is 16.3. The standard InChI is InChI=1S/C74H42N6O/c1-76-68-69(77-60-32-14-7-25-49(60)50-26-8-15-33-61(50)77)59(44-75)70(78-62-34-16-9-27-51(62)52-28-10-17-35-63(52)78)73(72(68)79-64-36-18-11-29-53(64)54-30-12-19-37-65(54)79)80-66-43-46(48-24-6-5-23-47(48)45-21-3-2-4-22-45)39-40-55(66)57-41-42-58-56-31-13-20-38-67(56)81-74(58)71(57)80/h2-43H. The first-order valence-corrected chi connectivity index (χ1v) is 27.2. The molecule has 0 radical (unpaired) electrons. The van der Waals surface area contributed by atoms with Gasteiger partial charge in [0.25, 0.3) is 0 Å². The fourth-order valence-electron chi connectivity index (χ4n) is 13.5. The molecule has 7 nitrogen and oxygen atoms in total. The van der Waals surface area contributed by atoms with Gasteiger partial charge in [0.05, 0.1) is 79.0 Å². The van der Waals surface area contributed by atoms with Gasteiger partial charge in [0.15, 0.2) is 5.58 Å². The molecule has 0 aliphatic carbocycles. The Hall–Kier alpha value is -11.4. The summed E-state index contributed by atoms with van der Waals surface area (Å²) in [4.78, 5) is 4.81. The lowest BCUT2D eigenvalue weighted by Crippen LogP contribution is -2.14. The molecule has 81 heavy (non-hydrogen) atoms. The van der Waals surface area contributed by atoms with Gasteiger partial charge < -0.3 is 22.7 Å². The molecule has 0 aliphatic rings. The van der Waals surface area contributed by atoms with Crippen LogP contribution in [0, 0.1) is 17.9 Å². The van der Waals surface area contributed by atoms with Crippen LogP contribution in [0.5, 0.6) is 0 Å².